The van der Waals surface area contributed by atoms with Gasteiger partial charge < -0.3 is 15.2 Å². The number of hydrogen-bond acceptors (Lipinski definition) is 4. The van der Waals surface area contributed by atoms with Crippen LogP contribution in [0.2, 0.25) is 0 Å². The molecule has 180 valence electrons. The lowest BCUT2D eigenvalue weighted by molar-refractivity contribution is -0.137. The molecule has 8 heteroatoms. The van der Waals surface area contributed by atoms with Gasteiger partial charge in [0.15, 0.2) is 0 Å². The molecule has 33 heavy (non-hydrogen) atoms. The third kappa shape index (κ3) is 9.26. The molecule has 1 aromatic rings. The van der Waals surface area contributed by atoms with Gasteiger partial charge in [0.1, 0.15) is 24.2 Å². The standard InChI is InChI=1S/C25H30F3NO4/c1-2-29-24(32)11-6-4-3-5-10-22-18(13-15-23(22)31)12-14-20(30)17-33-21-9-7-8-19(16-21)25(26,27)28/h3,5,7-9,12-14,16,20,22,30H,2,4,6,10-11,15,17H2,1H3,(H,29,32)/b5-3?,14-12+/t20-,22-/m1/s1. The quantitative estimate of drug-likeness (QED) is 0.345. The highest BCUT2D eigenvalue weighted by atomic mass is 19.4. The number of allylic oxidation sites excluding steroid dienone is 5. The normalized spacial score (nSPS) is 17.5. The van der Waals surface area contributed by atoms with Crippen molar-refractivity contribution in [3.05, 3.63) is 65.8 Å². The monoisotopic (exact) mass is 465 g/mol. The predicted octanol–water partition coefficient (Wildman–Crippen LogP) is 4.77. The first-order chi connectivity index (χ1) is 15.7. The molecule has 1 aliphatic carbocycles. The van der Waals surface area contributed by atoms with Crippen molar-refractivity contribution in [3.63, 3.8) is 0 Å². The number of ether oxygens (including phenoxy) is 1. The number of aliphatic hydroxyl groups is 1. The molecule has 1 aliphatic rings. The van der Waals surface area contributed by atoms with Crippen LogP contribution in [0.1, 0.15) is 44.6 Å². The maximum Gasteiger partial charge on any atom is 0.416 e. The minimum atomic E-state index is -4.47. The number of hydrogen-bond donors (Lipinski definition) is 2. The third-order valence-corrected chi connectivity index (χ3v) is 5.11. The molecule has 0 radical (unpaired) electrons. The van der Waals surface area contributed by atoms with Crippen molar-refractivity contribution < 1.29 is 32.6 Å². The third-order valence-electron chi connectivity index (χ3n) is 5.11. The molecule has 0 fully saturated rings. The zero-order chi connectivity index (χ0) is 24.3. The summed E-state index contributed by atoms with van der Waals surface area (Å²) in [5.41, 5.74) is -0.0233. The number of nitrogens with one attached hydrogen (secondary N) is 1. The van der Waals surface area contributed by atoms with Crippen LogP contribution in [-0.4, -0.2) is 36.1 Å². The van der Waals surface area contributed by atoms with E-state index in [1.807, 2.05) is 25.2 Å². The van der Waals surface area contributed by atoms with Crippen molar-refractivity contribution in [1.82, 2.24) is 5.32 Å². The first-order valence-electron chi connectivity index (χ1n) is 11.0. The van der Waals surface area contributed by atoms with E-state index in [2.05, 4.69) is 5.32 Å². The number of rotatable bonds is 12. The van der Waals surface area contributed by atoms with Crippen molar-refractivity contribution in [1.29, 1.82) is 0 Å². The van der Waals surface area contributed by atoms with Gasteiger partial charge in [-0.05, 0) is 50.0 Å². The van der Waals surface area contributed by atoms with E-state index in [0.29, 0.717) is 25.8 Å². The van der Waals surface area contributed by atoms with E-state index in [1.165, 1.54) is 18.2 Å². The second kappa shape index (κ2) is 13.0. The van der Waals surface area contributed by atoms with Gasteiger partial charge in [-0.1, -0.05) is 36.4 Å². The van der Waals surface area contributed by atoms with E-state index in [4.69, 9.17) is 4.74 Å². The summed E-state index contributed by atoms with van der Waals surface area (Å²) >= 11 is 0. The molecule has 0 spiro atoms. The van der Waals surface area contributed by atoms with Crippen LogP contribution in [-0.2, 0) is 15.8 Å². The van der Waals surface area contributed by atoms with Crippen LogP contribution in [0.3, 0.4) is 0 Å². The molecule has 1 amide bonds. The Morgan fingerprint density at radius 3 is 2.85 bits per heavy atom. The topological polar surface area (TPSA) is 75.6 Å². The smallest absolute Gasteiger partial charge is 0.416 e. The second-order valence-corrected chi connectivity index (χ2v) is 7.74. The molecular formula is C25H30F3NO4. The minimum Gasteiger partial charge on any atom is -0.491 e. The predicted molar refractivity (Wildman–Crippen MR) is 120 cm³/mol. The molecule has 0 unspecified atom stereocenters. The maximum absolute atomic E-state index is 12.8. The largest absolute Gasteiger partial charge is 0.491 e. The number of alkyl halides is 3. The van der Waals surface area contributed by atoms with Gasteiger partial charge in [0.25, 0.3) is 0 Å². The van der Waals surface area contributed by atoms with Crippen LogP contribution in [0.5, 0.6) is 5.75 Å². The van der Waals surface area contributed by atoms with Gasteiger partial charge in [0, 0.05) is 25.3 Å². The van der Waals surface area contributed by atoms with E-state index in [0.717, 1.165) is 30.5 Å². The molecule has 0 bridgehead atoms. The Bertz CT molecular complexity index is 890. The molecule has 0 heterocycles. The Hall–Kier alpha value is -2.87. The Morgan fingerprint density at radius 1 is 1.33 bits per heavy atom. The molecular weight excluding hydrogens is 435 g/mol. The Morgan fingerprint density at radius 2 is 2.12 bits per heavy atom. The van der Waals surface area contributed by atoms with Crippen LogP contribution in [0.15, 0.2) is 60.2 Å². The van der Waals surface area contributed by atoms with Gasteiger partial charge in [-0.15, -0.1) is 0 Å². The average Bonchev–Trinajstić information content (AvgIpc) is 3.12. The first-order valence-corrected chi connectivity index (χ1v) is 11.0. The molecule has 0 saturated carbocycles. The zero-order valence-corrected chi connectivity index (χ0v) is 18.6. The van der Waals surface area contributed by atoms with Gasteiger partial charge in [-0.3, -0.25) is 9.59 Å². The second-order valence-electron chi connectivity index (χ2n) is 7.74. The van der Waals surface area contributed by atoms with Gasteiger partial charge in [0.05, 0.1) is 5.56 Å². The van der Waals surface area contributed by atoms with E-state index in [-0.39, 0.29) is 30.0 Å². The van der Waals surface area contributed by atoms with E-state index >= 15 is 0 Å². The van der Waals surface area contributed by atoms with Crippen LogP contribution in [0.4, 0.5) is 13.2 Å². The van der Waals surface area contributed by atoms with Gasteiger partial charge in [0.2, 0.25) is 5.91 Å². The summed E-state index contributed by atoms with van der Waals surface area (Å²) in [6.45, 7) is 2.28. The lowest BCUT2D eigenvalue weighted by atomic mass is 9.95. The minimum absolute atomic E-state index is 0.0164. The van der Waals surface area contributed by atoms with Crippen molar-refractivity contribution >= 4 is 11.7 Å². The lowest BCUT2D eigenvalue weighted by Crippen LogP contribution is -2.21. The summed E-state index contributed by atoms with van der Waals surface area (Å²) in [7, 11) is 0. The summed E-state index contributed by atoms with van der Waals surface area (Å²) in [6.07, 6.45) is 6.15. The Labute approximate surface area is 192 Å². The van der Waals surface area contributed by atoms with Crippen LogP contribution in [0.25, 0.3) is 0 Å². The summed E-state index contributed by atoms with van der Waals surface area (Å²) in [5, 5.41) is 12.9. The highest BCUT2D eigenvalue weighted by molar-refractivity contribution is 5.89. The van der Waals surface area contributed by atoms with Gasteiger partial charge >= 0.3 is 6.18 Å². The molecule has 2 rings (SSSR count). The van der Waals surface area contributed by atoms with Crippen molar-refractivity contribution in [3.8, 4) is 5.75 Å². The number of amides is 1. The Kier molecular flexibility index (Phi) is 10.4. The van der Waals surface area contributed by atoms with Crippen molar-refractivity contribution in [2.24, 2.45) is 5.92 Å². The van der Waals surface area contributed by atoms with Gasteiger partial charge in [-0.2, -0.15) is 13.2 Å². The molecule has 2 N–H and O–H groups in total. The number of unbranched alkanes of at least 4 members (excludes halogenated alkanes) is 1. The SMILES string of the molecule is CCNC(=O)CCCC=CC[C@H]1C(=O)CC=C1/C=C/[C@@H](O)COc1cccc(C(F)(F)F)c1. The Balaban J connectivity index is 1.80. The number of carbonyl (C=O) groups is 2. The van der Waals surface area contributed by atoms with Crippen molar-refractivity contribution in [2.45, 2.75) is 51.3 Å². The van der Waals surface area contributed by atoms with Crippen LogP contribution in [0, 0.1) is 5.92 Å². The van der Waals surface area contributed by atoms with E-state index in [9.17, 15) is 27.9 Å². The zero-order valence-electron chi connectivity index (χ0n) is 18.6. The first kappa shape index (κ1) is 26.4. The fourth-order valence-electron chi connectivity index (χ4n) is 3.38. The van der Waals surface area contributed by atoms with E-state index in [1.54, 1.807) is 6.08 Å². The molecule has 2 atom stereocenters. The van der Waals surface area contributed by atoms with Crippen molar-refractivity contribution in [2.75, 3.05) is 13.2 Å². The molecule has 0 aliphatic heterocycles. The number of aliphatic hydroxyl groups excluding tert-OH is 1. The fourth-order valence-corrected chi connectivity index (χ4v) is 3.38. The molecule has 5 nitrogen and oxygen atoms in total. The fraction of sp³-hybridized carbons (Fsp3) is 0.440. The van der Waals surface area contributed by atoms with Crippen LogP contribution < -0.4 is 10.1 Å². The lowest BCUT2D eigenvalue weighted by Gasteiger charge is -2.12. The maximum atomic E-state index is 12.8. The number of ketones is 1. The number of Topliss-reactive ketones (excluding diaryl/α,β-unsaturated/α-hetero) is 1. The summed E-state index contributed by atoms with van der Waals surface area (Å²) in [4.78, 5) is 23.6. The average molecular weight is 466 g/mol. The molecule has 1 aromatic carbocycles. The number of carbonyl (C=O) groups excluding carboxylic acids is 2. The molecule has 0 saturated heterocycles. The van der Waals surface area contributed by atoms with Crippen LogP contribution >= 0.6 is 0 Å². The number of halogens is 3. The summed E-state index contributed by atoms with van der Waals surface area (Å²) < 4.78 is 43.6. The molecule has 0 aromatic heterocycles. The van der Waals surface area contributed by atoms with Gasteiger partial charge in [-0.25, -0.2) is 0 Å². The highest BCUT2D eigenvalue weighted by Crippen LogP contribution is 2.31. The summed E-state index contributed by atoms with van der Waals surface area (Å²) in [6, 6.07) is 4.47. The summed E-state index contributed by atoms with van der Waals surface area (Å²) in [5.74, 6) is -0.153. The highest BCUT2D eigenvalue weighted by Gasteiger charge is 2.30. The number of benzene rings is 1. The van der Waals surface area contributed by atoms with E-state index < -0.39 is 17.8 Å².